The van der Waals surface area contributed by atoms with E-state index in [0.717, 1.165) is 6.54 Å². The lowest BCUT2D eigenvalue weighted by molar-refractivity contribution is 0.119. The van der Waals surface area contributed by atoms with Crippen molar-refractivity contribution in [3.8, 4) is 0 Å². The highest BCUT2D eigenvalue weighted by atomic mass is 32.2. The van der Waals surface area contributed by atoms with Crippen LogP contribution in [0.1, 0.15) is 31.2 Å². The Morgan fingerprint density at radius 2 is 1.46 bits per heavy atom. The summed E-state index contributed by atoms with van der Waals surface area (Å²) in [5.74, 6) is 0. The lowest BCUT2D eigenvalue weighted by atomic mass is 9.94. The molecule has 28 heavy (non-hydrogen) atoms. The zero-order chi connectivity index (χ0) is 18.5. The van der Waals surface area contributed by atoms with Gasteiger partial charge in [0, 0.05) is 40.0 Å². The average molecular weight is 389 g/mol. The molecule has 0 spiro atoms. The Bertz CT molecular complexity index is 926. The molecule has 0 amide bonds. The number of rotatable bonds is 3. The fourth-order valence-electron chi connectivity index (χ4n) is 5.43. The summed E-state index contributed by atoms with van der Waals surface area (Å²) in [4.78, 5) is 8.16. The van der Waals surface area contributed by atoms with Crippen LogP contribution in [-0.2, 0) is 6.54 Å². The van der Waals surface area contributed by atoms with Gasteiger partial charge in [-0.05, 0) is 56.0 Å². The molecular weight excluding hydrogens is 364 g/mol. The molecule has 2 fully saturated rings. The molecule has 3 aliphatic rings. The van der Waals surface area contributed by atoms with Crippen molar-refractivity contribution >= 4 is 23.1 Å². The second kappa shape index (κ2) is 6.71. The molecule has 142 valence electrons. The molecule has 0 saturated carbocycles. The average Bonchev–Trinajstić information content (AvgIpc) is 3.32. The van der Waals surface area contributed by atoms with Crippen molar-refractivity contribution in [1.29, 1.82) is 0 Å². The molecule has 6 rings (SSSR count). The van der Waals surface area contributed by atoms with E-state index in [2.05, 4.69) is 64.4 Å². The molecule has 2 bridgehead atoms. The standard InChI is InChI=1S/C24H24N2OS/c1-3-7-23-21(5-1)26(22-6-2-4-8-24(22)28-23)20-13-18-9-10-19(14-20)25(18)15-17-11-12-27-16-17/h1-8,11-12,16,18-20H,9-10,13-15H2. The van der Waals surface area contributed by atoms with Crippen LogP contribution in [0, 0.1) is 0 Å². The predicted molar refractivity (Wildman–Crippen MR) is 113 cm³/mol. The fourth-order valence-corrected chi connectivity index (χ4v) is 6.51. The Morgan fingerprint density at radius 1 is 0.821 bits per heavy atom. The molecule has 0 aliphatic carbocycles. The first-order valence-corrected chi connectivity index (χ1v) is 11.1. The van der Waals surface area contributed by atoms with Gasteiger partial charge in [0.15, 0.2) is 0 Å². The zero-order valence-corrected chi connectivity index (χ0v) is 16.6. The minimum absolute atomic E-state index is 0.571. The van der Waals surface area contributed by atoms with Crippen LogP contribution in [0.15, 0.2) is 81.3 Å². The first kappa shape index (κ1) is 16.8. The number of para-hydroxylation sites is 2. The van der Waals surface area contributed by atoms with E-state index in [4.69, 9.17) is 4.42 Å². The van der Waals surface area contributed by atoms with E-state index in [1.807, 2.05) is 18.0 Å². The van der Waals surface area contributed by atoms with Gasteiger partial charge in [0.25, 0.3) is 0 Å². The molecule has 2 saturated heterocycles. The molecule has 3 aromatic rings. The highest BCUT2D eigenvalue weighted by Crippen LogP contribution is 2.51. The van der Waals surface area contributed by atoms with Crippen molar-refractivity contribution in [1.82, 2.24) is 4.90 Å². The SMILES string of the molecule is c1ccc2c(c1)Sc1ccccc1N2C1CC2CCC(C1)N2Cc1ccoc1. The Kier molecular flexibility index (Phi) is 4.02. The summed E-state index contributed by atoms with van der Waals surface area (Å²) in [7, 11) is 0. The molecule has 4 heterocycles. The quantitative estimate of drug-likeness (QED) is 0.541. The van der Waals surface area contributed by atoms with Crippen LogP contribution in [0.3, 0.4) is 0 Å². The van der Waals surface area contributed by atoms with Crippen molar-refractivity contribution < 1.29 is 4.42 Å². The number of hydrogen-bond donors (Lipinski definition) is 0. The van der Waals surface area contributed by atoms with E-state index in [-0.39, 0.29) is 0 Å². The smallest absolute Gasteiger partial charge is 0.0947 e. The minimum Gasteiger partial charge on any atom is -0.472 e. The van der Waals surface area contributed by atoms with Crippen LogP contribution in [0.25, 0.3) is 0 Å². The number of benzene rings is 2. The molecule has 2 atom stereocenters. The summed E-state index contributed by atoms with van der Waals surface area (Å²) in [6.07, 6.45) is 8.82. The van der Waals surface area contributed by atoms with Gasteiger partial charge < -0.3 is 9.32 Å². The van der Waals surface area contributed by atoms with Gasteiger partial charge >= 0.3 is 0 Å². The summed E-state index contributed by atoms with van der Waals surface area (Å²) in [6, 6.07) is 21.9. The summed E-state index contributed by atoms with van der Waals surface area (Å²) < 4.78 is 5.30. The zero-order valence-electron chi connectivity index (χ0n) is 15.8. The first-order valence-electron chi connectivity index (χ1n) is 10.3. The molecular formula is C24H24N2OS. The molecule has 0 N–H and O–H groups in total. The third kappa shape index (κ3) is 2.70. The van der Waals surface area contributed by atoms with E-state index in [9.17, 15) is 0 Å². The van der Waals surface area contributed by atoms with Gasteiger partial charge in [-0.15, -0.1) is 0 Å². The maximum atomic E-state index is 5.30. The number of nitrogens with zero attached hydrogens (tertiary/aromatic N) is 2. The number of hydrogen-bond acceptors (Lipinski definition) is 4. The highest BCUT2D eigenvalue weighted by molar-refractivity contribution is 7.99. The number of furan rings is 1. The summed E-state index contributed by atoms with van der Waals surface area (Å²) in [5.41, 5.74) is 4.08. The van der Waals surface area contributed by atoms with Gasteiger partial charge in [-0.25, -0.2) is 0 Å². The molecule has 3 aliphatic heterocycles. The van der Waals surface area contributed by atoms with Gasteiger partial charge in [0.2, 0.25) is 0 Å². The largest absolute Gasteiger partial charge is 0.472 e. The van der Waals surface area contributed by atoms with Crippen LogP contribution in [0.2, 0.25) is 0 Å². The van der Waals surface area contributed by atoms with E-state index in [0.29, 0.717) is 18.1 Å². The van der Waals surface area contributed by atoms with Crippen LogP contribution >= 0.6 is 11.8 Å². The van der Waals surface area contributed by atoms with Crippen LogP contribution in [0.4, 0.5) is 11.4 Å². The van der Waals surface area contributed by atoms with Crippen molar-refractivity contribution in [2.75, 3.05) is 4.90 Å². The minimum atomic E-state index is 0.571. The first-order chi connectivity index (χ1) is 13.9. The maximum Gasteiger partial charge on any atom is 0.0947 e. The normalized spacial score (nSPS) is 26.1. The monoisotopic (exact) mass is 388 g/mol. The van der Waals surface area contributed by atoms with Gasteiger partial charge in [0.05, 0.1) is 23.9 Å². The van der Waals surface area contributed by atoms with E-state index in [1.54, 1.807) is 6.26 Å². The molecule has 2 unspecified atom stereocenters. The summed E-state index contributed by atoms with van der Waals surface area (Å²) >= 11 is 1.91. The third-order valence-electron chi connectivity index (χ3n) is 6.64. The molecule has 3 nitrogen and oxygen atoms in total. The number of fused-ring (bicyclic) bond motifs is 4. The van der Waals surface area contributed by atoms with Gasteiger partial charge in [-0.1, -0.05) is 36.0 Å². The van der Waals surface area contributed by atoms with Gasteiger partial charge in [-0.2, -0.15) is 0 Å². The lowest BCUT2D eigenvalue weighted by Gasteiger charge is -2.46. The number of anilines is 2. The Hall–Kier alpha value is -2.17. The Labute approximate surface area is 170 Å². The lowest BCUT2D eigenvalue weighted by Crippen LogP contribution is -2.49. The van der Waals surface area contributed by atoms with Crippen molar-refractivity contribution in [3.05, 3.63) is 72.7 Å². The van der Waals surface area contributed by atoms with Gasteiger partial charge in [0.1, 0.15) is 0 Å². The summed E-state index contributed by atoms with van der Waals surface area (Å²) in [5, 5.41) is 0. The molecule has 4 heteroatoms. The van der Waals surface area contributed by atoms with Crippen LogP contribution < -0.4 is 4.90 Å². The van der Waals surface area contributed by atoms with E-state index in [1.165, 1.54) is 52.4 Å². The van der Waals surface area contributed by atoms with Crippen molar-refractivity contribution in [2.24, 2.45) is 0 Å². The maximum absolute atomic E-state index is 5.30. The van der Waals surface area contributed by atoms with Crippen molar-refractivity contribution in [2.45, 2.75) is 60.1 Å². The molecule has 0 radical (unpaired) electrons. The van der Waals surface area contributed by atoms with Crippen molar-refractivity contribution in [3.63, 3.8) is 0 Å². The van der Waals surface area contributed by atoms with Crippen LogP contribution in [0.5, 0.6) is 0 Å². The Balaban J connectivity index is 1.33. The molecule has 2 aromatic carbocycles. The molecule has 1 aromatic heterocycles. The van der Waals surface area contributed by atoms with E-state index < -0.39 is 0 Å². The summed E-state index contributed by atoms with van der Waals surface area (Å²) in [6.45, 7) is 1.03. The second-order valence-electron chi connectivity index (χ2n) is 8.22. The highest BCUT2D eigenvalue weighted by Gasteiger charge is 2.43. The van der Waals surface area contributed by atoms with Gasteiger partial charge in [-0.3, -0.25) is 4.90 Å². The van der Waals surface area contributed by atoms with E-state index >= 15 is 0 Å². The van der Waals surface area contributed by atoms with Crippen LogP contribution in [-0.4, -0.2) is 23.0 Å². The number of piperidine rings is 1. The topological polar surface area (TPSA) is 19.6 Å². The Morgan fingerprint density at radius 3 is 2.07 bits per heavy atom. The fraction of sp³-hybridized carbons (Fsp3) is 0.333. The second-order valence-corrected chi connectivity index (χ2v) is 9.31. The third-order valence-corrected chi connectivity index (χ3v) is 7.77. The predicted octanol–water partition coefficient (Wildman–Crippen LogP) is 6.08.